The molecule has 1 aromatic carbocycles. The summed E-state index contributed by atoms with van der Waals surface area (Å²) in [6, 6.07) is 9.06. The second kappa shape index (κ2) is 3.59. The van der Waals surface area contributed by atoms with E-state index >= 15 is 0 Å². The number of hydrazone groups is 1. The first-order valence-corrected chi connectivity index (χ1v) is 6.34. The third kappa shape index (κ3) is 1.43. The molecule has 1 unspecified atom stereocenters. The normalized spacial score (nSPS) is 19.9. The second-order valence-corrected chi connectivity index (χ2v) is 5.44. The van der Waals surface area contributed by atoms with E-state index in [1.165, 1.54) is 20.5 Å². The minimum absolute atomic E-state index is 0.477. The lowest BCUT2D eigenvalue weighted by atomic mass is 10.1. The van der Waals surface area contributed by atoms with Gasteiger partial charge in [0.2, 0.25) is 0 Å². The van der Waals surface area contributed by atoms with Crippen LogP contribution in [-0.2, 0) is 6.42 Å². The van der Waals surface area contributed by atoms with E-state index in [2.05, 4.69) is 36.3 Å². The monoisotopic (exact) mass is 230 g/mol. The number of benzene rings is 1. The smallest absolute Gasteiger partial charge is 0.0560 e. The van der Waals surface area contributed by atoms with Gasteiger partial charge in [0.1, 0.15) is 0 Å². The quantitative estimate of drug-likeness (QED) is 0.679. The summed E-state index contributed by atoms with van der Waals surface area (Å²) in [6.45, 7) is 2.22. The van der Waals surface area contributed by atoms with E-state index in [9.17, 15) is 0 Å². The van der Waals surface area contributed by atoms with Crippen LogP contribution in [0.25, 0.3) is 10.1 Å². The molecule has 1 atom stereocenters. The van der Waals surface area contributed by atoms with Crippen LogP contribution < -0.4 is 0 Å². The molecule has 1 aromatic heterocycles. The van der Waals surface area contributed by atoms with Gasteiger partial charge in [0, 0.05) is 40.0 Å². The fourth-order valence-corrected chi connectivity index (χ4v) is 3.37. The molecule has 0 fully saturated rings. The average molecular weight is 230 g/mol. The van der Waals surface area contributed by atoms with E-state index in [1.54, 1.807) is 0 Å². The van der Waals surface area contributed by atoms with Crippen molar-refractivity contribution in [1.82, 2.24) is 5.01 Å². The van der Waals surface area contributed by atoms with Crippen LogP contribution in [0.4, 0.5) is 0 Å². The van der Waals surface area contributed by atoms with Crippen molar-refractivity contribution in [2.45, 2.75) is 19.4 Å². The van der Waals surface area contributed by atoms with E-state index < -0.39 is 0 Å². The number of thiophene rings is 1. The standard InChI is InChI=1S/C13H14N2S/c1-9-7-13-11(8-14-15(9)2)10-5-3-4-6-12(10)16-13/h3-6,8-9H,7H2,1-2H3. The zero-order valence-corrected chi connectivity index (χ0v) is 10.3. The van der Waals surface area contributed by atoms with Gasteiger partial charge < -0.3 is 0 Å². The van der Waals surface area contributed by atoms with Gasteiger partial charge in [-0.3, -0.25) is 5.01 Å². The molecule has 0 aliphatic carbocycles. The summed E-state index contributed by atoms with van der Waals surface area (Å²) in [4.78, 5) is 1.46. The van der Waals surface area contributed by atoms with Gasteiger partial charge in [-0.25, -0.2) is 0 Å². The maximum atomic E-state index is 4.48. The highest BCUT2D eigenvalue weighted by atomic mass is 32.1. The van der Waals surface area contributed by atoms with Gasteiger partial charge in [-0.15, -0.1) is 11.3 Å². The summed E-state index contributed by atoms with van der Waals surface area (Å²) in [5.74, 6) is 0. The van der Waals surface area contributed by atoms with Crippen molar-refractivity contribution in [2.75, 3.05) is 7.05 Å². The van der Waals surface area contributed by atoms with Crippen molar-refractivity contribution in [3.63, 3.8) is 0 Å². The third-order valence-corrected chi connectivity index (χ3v) is 4.41. The SMILES string of the molecule is CC1Cc2sc3ccccc3c2C=NN1C. The molecule has 2 aromatic rings. The lowest BCUT2D eigenvalue weighted by Gasteiger charge is -2.18. The Labute approximate surface area is 99.2 Å². The van der Waals surface area contributed by atoms with Crippen molar-refractivity contribution >= 4 is 27.6 Å². The molecule has 3 heteroatoms. The molecule has 1 aliphatic heterocycles. The number of hydrogen-bond acceptors (Lipinski definition) is 3. The lowest BCUT2D eigenvalue weighted by molar-refractivity contribution is 0.274. The maximum absolute atomic E-state index is 4.48. The van der Waals surface area contributed by atoms with Gasteiger partial charge >= 0.3 is 0 Å². The van der Waals surface area contributed by atoms with E-state index in [0.717, 1.165) is 6.42 Å². The molecule has 2 heterocycles. The Kier molecular flexibility index (Phi) is 2.21. The van der Waals surface area contributed by atoms with Crippen LogP contribution in [0.2, 0.25) is 0 Å². The summed E-state index contributed by atoms with van der Waals surface area (Å²) in [7, 11) is 2.04. The second-order valence-electron chi connectivity index (χ2n) is 4.31. The van der Waals surface area contributed by atoms with Gasteiger partial charge in [-0.1, -0.05) is 18.2 Å². The minimum Gasteiger partial charge on any atom is -0.297 e. The Morgan fingerprint density at radius 3 is 3.06 bits per heavy atom. The number of likely N-dealkylation sites (N-methyl/N-ethyl adjacent to an activating group) is 1. The molecule has 2 nitrogen and oxygen atoms in total. The summed E-state index contributed by atoms with van der Waals surface area (Å²) in [5.41, 5.74) is 1.32. The number of hydrogen-bond donors (Lipinski definition) is 0. The van der Waals surface area contributed by atoms with Crippen molar-refractivity contribution in [3.05, 3.63) is 34.7 Å². The molecular formula is C13H14N2S. The Morgan fingerprint density at radius 2 is 2.19 bits per heavy atom. The molecule has 0 amide bonds. The maximum Gasteiger partial charge on any atom is 0.0560 e. The van der Waals surface area contributed by atoms with Crippen LogP contribution in [0, 0.1) is 0 Å². The predicted octanol–water partition coefficient (Wildman–Crippen LogP) is 3.11. The Morgan fingerprint density at radius 1 is 1.38 bits per heavy atom. The first-order valence-electron chi connectivity index (χ1n) is 5.53. The van der Waals surface area contributed by atoms with Crippen LogP contribution in [0.3, 0.4) is 0 Å². The van der Waals surface area contributed by atoms with Gasteiger partial charge in [-0.05, 0) is 13.0 Å². The molecular weight excluding hydrogens is 216 g/mol. The Bertz CT molecular complexity index is 556. The van der Waals surface area contributed by atoms with Gasteiger partial charge in [0.15, 0.2) is 0 Å². The van der Waals surface area contributed by atoms with Gasteiger partial charge in [0.05, 0.1) is 6.21 Å². The molecule has 82 valence electrons. The fraction of sp³-hybridized carbons (Fsp3) is 0.308. The predicted molar refractivity (Wildman–Crippen MR) is 70.3 cm³/mol. The summed E-state index contributed by atoms with van der Waals surface area (Å²) in [5, 5.41) is 7.87. The minimum atomic E-state index is 0.477. The highest BCUT2D eigenvalue weighted by Crippen LogP contribution is 2.32. The first-order chi connectivity index (χ1) is 7.75. The fourth-order valence-electron chi connectivity index (χ4n) is 2.07. The first kappa shape index (κ1) is 9.85. The van der Waals surface area contributed by atoms with Crippen LogP contribution >= 0.6 is 11.3 Å². The van der Waals surface area contributed by atoms with E-state index in [0.29, 0.717) is 6.04 Å². The zero-order chi connectivity index (χ0) is 11.1. The Hall–Kier alpha value is -1.35. The summed E-state index contributed by atoms with van der Waals surface area (Å²) < 4.78 is 1.37. The van der Waals surface area contributed by atoms with Crippen LogP contribution in [0.1, 0.15) is 17.4 Å². The third-order valence-electron chi connectivity index (χ3n) is 3.20. The largest absolute Gasteiger partial charge is 0.297 e. The molecule has 0 spiro atoms. The Balaban J connectivity index is 2.23. The van der Waals surface area contributed by atoms with Gasteiger partial charge in [-0.2, -0.15) is 5.10 Å². The van der Waals surface area contributed by atoms with Gasteiger partial charge in [0.25, 0.3) is 0 Å². The lowest BCUT2D eigenvalue weighted by Crippen LogP contribution is -2.24. The van der Waals surface area contributed by atoms with Crippen molar-refractivity contribution in [1.29, 1.82) is 0 Å². The molecule has 16 heavy (non-hydrogen) atoms. The van der Waals surface area contributed by atoms with E-state index in [-0.39, 0.29) is 0 Å². The molecule has 0 saturated heterocycles. The highest BCUT2D eigenvalue weighted by Gasteiger charge is 2.18. The molecule has 3 rings (SSSR count). The van der Waals surface area contributed by atoms with Crippen LogP contribution in [-0.4, -0.2) is 24.3 Å². The number of nitrogens with zero attached hydrogens (tertiary/aromatic N) is 2. The van der Waals surface area contributed by atoms with E-state index in [1.807, 2.05) is 29.6 Å². The number of fused-ring (bicyclic) bond motifs is 3. The number of rotatable bonds is 0. The molecule has 0 radical (unpaired) electrons. The van der Waals surface area contributed by atoms with Crippen LogP contribution in [0.15, 0.2) is 29.4 Å². The van der Waals surface area contributed by atoms with Crippen LogP contribution in [0.5, 0.6) is 0 Å². The van der Waals surface area contributed by atoms with Crippen molar-refractivity contribution in [3.8, 4) is 0 Å². The van der Waals surface area contributed by atoms with Crippen molar-refractivity contribution < 1.29 is 0 Å². The molecule has 0 N–H and O–H groups in total. The molecule has 1 aliphatic rings. The molecule has 0 saturated carbocycles. The van der Waals surface area contributed by atoms with E-state index in [4.69, 9.17) is 0 Å². The summed E-state index contributed by atoms with van der Waals surface area (Å²) >= 11 is 1.90. The topological polar surface area (TPSA) is 15.6 Å². The van der Waals surface area contributed by atoms with Crippen molar-refractivity contribution in [2.24, 2.45) is 5.10 Å². The highest BCUT2D eigenvalue weighted by molar-refractivity contribution is 7.19. The average Bonchev–Trinajstić information content (AvgIpc) is 2.56. The molecule has 0 bridgehead atoms. The summed E-state index contributed by atoms with van der Waals surface area (Å²) in [6.07, 6.45) is 3.10. The zero-order valence-electron chi connectivity index (χ0n) is 9.47.